The van der Waals surface area contributed by atoms with E-state index < -0.39 is 47.7 Å². The average molecular weight is 693 g/mol. The molecule has 0 saturated carbocycles. The Bertz CT molecular complexity index is 1170. The van der Waals surface area contributed by atoms with Gasteiger partial charge >= 0.3 is 12.1 Å². The second-order valence-electron chi connectivity index (χ2n) is 15.6. The van der Waals surface area contributed by atoms with Crippen LogP contribution in [0, 0.1) is 17.8 Å². The molecule has 3 rings (SSSR count). The number of carbonyl (C=O) groups is 2. The number of ether oxygens (including phenoxy) is 3. The molecule has 10 unspecified atom stereocenters. The smallest absolute Gasteiger partial charge is 0.410 e. The van der Waals surface area contributed by atoms with Gasteiger partial charge in [0, 0.05) is 44.4 Å². The van der Waals surface area contributed by atoms with Crippen LogP contribution < -0.4 is 0 Å². The maximum absolute atomic E-state index is 13.4. The number of amides is 1. The molecule has 0 spiro atoms. The molecule has 3 aliphatic heterocycles. The number of hydrogen-bond donors (Lipinski definition) is 4. The summed E-state index contributed by atoms with van der Waals surface area (Å²) in [5.74, 6) is -0.413. The maximum Gasteiger partial charge on any atom is 0.410 e. The fraction of sp³-hybridized carbons (Fsp3) is 0.789. The number of hydrogen-bond acceptors (Lipinski definition) is 10. The fourth-order valence-corrected chi connectivity index (χ4v) is 6.84. The molecule has 0 bridgehead atoms. The number of epoxide rings is 1. The standard InChI is InChI=1S/C38H64N2O9/c1-9-30(42)28(6)35-31(47-35)23-37(7,45)16-10-12-26(4)34-27(5)13-14-32(38(8,46)17-15-29(41)22-33(43)49-34)48-36(44)40-19-11-18-39(20-21-40)24-25(2)3/h10,12-14,16,25,27-32,34-35,41-42,45-46H,9,11,15,17-24H2,1-8H3/b14-13-,16-10+,26-12+. The minimum absolute atomic E-state index is 0.0116. The summed E-state index contributed by atoms with van der Waals surface area (Å²) in [7, 11) is 0. The highest BCUT2D eigenvalue weighted by Crippen LogP contribution is 2.37. The van der Waals surface area contributed by atoms with Gasteiger partial charge in [0.15, 0.2) is 6.10 Å². The number of rotatable bonds is 11. The summed E-state index contributed by atoms with van der Waals surface area (Å²) in [6.45, 7) is 19.0. The van der Waals surface area contributed by atoms with E-state index in [1.54, 1.807) is 49.1 Å². The molecule has 11 heteroatoms. The van der Waals surface area contributed by atoms with Gasteiger partial charge in [-0.05, 0) is 70.6 Å². The van der Waals surface area contributed by atoms with Gasteiger partial charge in [0.05, 0.1) is 36.4 Å². The topological polar surface area (TPSA) is 153 Å². The zero-order valence-electron chi connectivity index (χ0n) is 31.1. The molecule has 49 heavy (non-hydrogen) atoms. The predicted molar refractivity (Wildman–Crippen MR) is 189 cm³/mol. The predicted octanol–water partition coefficient (Wildman–Crippen LogP) is 4.37. The monoisotopic (exact) mass is 692 g/mol. The van der Waals surface area contributed by atoms with Crippen LogP contribution in [0.15, 0.2) is 36.0 Å². The minimum atomic E-state index is -1.49. The number of allylic oxidation sites excluding steroid dienone is 2. The van der Waals surface area contributed by atoms with E-state index in [1.807, 2.05) is 27.7 Å². The first-order valence-electron chi connectivity index (χ1n) is 18.3. The number of cyclic esters (lactones) is 1. The van der Waals surface area contributed by atoms with Crippen molar-refractivity contribution in [3.63, 3.8) is 0 Å². The van der Waals surface area contributed by atoms with Crippen molar-refractivity contribution < 1.29 is 44.2 Å². The van der Waals surface area contributed by atoms with E-state index >= 15 is 0 Å². The lowest BCUT2D eigenvalue weighted by molar-refractivity contribution is -0.151. The number of aliphatic hydroxyl groups is 4. The Balaban J connectivity index is 1.74. The first kappa shape index (κ1) is 41.1. The van der Waals surface area contributed by atoms with E-state index in [0.29, 0.717) is 37.4 Å². The molecule has 10 atom stereocenters. The van der Waals surface area contributed by atoms with E-state index in [9.17, 15) is 30.0 Å². The third kappa shape index (κ3) is 13.1. The summed E-state index contributed by atoms with van der Waals surface area (Å²) in [4.78, 5) is 30.3. The first-order chi connectivity index (χ1) is 22.9. The summed E-state index contributed by atoms with van der Waals surface area (Å²) in [6.07, 6.45) is 6.60. The second kappa shape index (κ2) is 18.3. The van der Waals surface area contributed by atoms with Crippen molar-refractivity contribution in [1.82, 2.24) is 9.80 Å². The number of esters is 1. The van der Waals surface area contributed by atoms with Gasteiger partial charge in [-0.3, -0.25) is 4.79 Å². The van der Waals surface area contributed by atoms with E-state index in [0.717, 1.165) is 26.1 Å². The maximum atomic E-state index is 13.4. The van der Waals surface area contributed by atoms with Crippen LogP contribution >= 0.6 is 0 Å². The van der Waals surface area contributed by atoms with Crippen molar-refractivity contribution >= 4 is 12.1 Å². The van der Waals surface area contributed by atoms with Gasteiger partial charge in [-0.15, -0.1) is 0 Å². The molecule has 0 aromatic heterocycles. The molecule has 3 aliphatic rings. The van der Waals surface area contributed by atoms with Crippen LogP contribution in [0.3, 0.4) is 0 Å². The van der Waals surface area contributed by atoms with Crippen molar-refractivity contribution in [2.45, 2.75) is 142 Å². The molecule has 280 valence electrons. The van der Waals surface area contributed by atoms with Gasteiger partial charge in [-0.1, -0.05) is 58.9 Å². The normalized spacial score (nSPS) is 34.3. The number of aliphatic hydroxyl groups excluding tert-OH is 2. The van der Waals surface area contributed by atoms with Crippen LogP contribution in [0.5, 0.6) is 0 Å². The third-order valence-electron chi connectivity index (χ3n) is 10.1. The molecule has 3 heterocycles. The van der Waals surface area contributed by atoms with Crippen LogP contribution in [0.1, 0.15) is 93.9 Å². The average Bonchev–Trinajstić information content (AvgIpc) is 3.81. The fourth-order valence-electron chi connectivity index (χ4n) is 6.84. The quantitative estimate of drug-likeness (QED) is 0.106. The van der Waals surface area contributed by atoms with Gasteiger partial charge < -0.3 is 44.4 Å². The molecular weight excluding hydrogens is 628 g/mol. The molecule has 2 fully saturated rings. The van der Waals surface area contributed by atoms with E-state index in [4.69, 9.17) is 14.2 Å². The molecule has 0 aromatic carbocycles. The molecule has 2 saturated heterocycles. The number of nitrogens with zero attached hydrogens (tertiary/aromatic N) is 2. The van der Waals surface area contributed by atoms with Crippen molar-refractivity contribution in [1.29, 1.82) is 0 Å². The van der Waals surface area contributed by atoms with Crippen LogP contribution in [0.4, 0.5) is 4.79 Å². The minimum Gasteiger partial charge on any atom is -0.457 e. The summed E-state index contributed by atoms with van der Waals surface area (Å²) >= 11 is 0. The third-order valence-corrected chi connectivity index (χ3v) is 10.1. The summed E-state index contributed by atoms with van der Waals surface area (Å²) in [6, 6.07) is 0. The lowest BCUT2D eigenvalue weighted by atomic mass is 9.88. The molecular formula is C38H64N2O9. The van der Waals surface area contributed by atoms with Gasteiger partial charge in [0.1, 0.15) is 11.7 Å². The largest absolute Gasteiger partial charge is 0.457 e. The van der Waals surface area contributed by atoms with Crippen molar-refractivity contribution in [3.8, 4) is 0 Å². The Morgan fingerprint density at radius 3 is 2.59 bits per heavy atom. The highest BCUT2D eigenvalue weighted by molar-refractivity contribution is 5.70. The molecule has 0 aromatic rings. The SMILES string of the molecule is CCC(O)C(C)C1OC1CC(C)(O)/C=C/C=C(\C)C1OC(=O)CC(O)CCC(C)(O)C(OC(=O)N2CCCN(CC(C)C)CC2)/C=C\C1C. The van der Waals surface area contributed by atoms with Crippen LogP contribution in [0.2, 0.25) is 0 Å². The zero-order chi connectivity index (χ0) is 36.5. The van der Waals surface area contributed by atoms with E-state index in [2.05, 4.69) is 18.7 Å². The van der Waals surface area contributed by atoms with Gasteiger partial charge in [-0.2, -0.15) is 0 Å². The Kier molecular flexibility index (Phi) is 15.4. The first-order valence-corrected chi connectivity index (χ1v) is 18.3. The van der Waals surface area contributed by atoms with Crippen molar-refractivity contribution in [2.24, 2.45) is 17.8 Å². The Hall–Kier alpha value is -2.28. The molecule has 0 aliphatic carbocycles. The van der Waals surface area contributed by atoms with Gasteiger partial charge in [0.2, 0.25) is 0 Å². The molecule has 11 nitrogen and oxygen atoms in total. The Morgan fingerprint density at radius 2 is 1.92 bits per heavy atom. The van der Waals surface area contributed by atoms with Crippen LogP contribution in [0.25, 0.3) is 0 Å². The highest BCUT2D eigenvalue weighted by Gasteiger charge is 2.47. The van der Waals surface area contributed by atoms with Crippen molar-refractivity contribution in [3.05, 3.63) is 36.0 Å². The molecule has 0 radical (unpaired) electrons. The number of carbonyl (C=O) groups excluding carboxylic acids is 2. The van der Waals surface area contributed by atoms with Gasteiger partial charge in [-0.25, -0.2) is 4.79 Å². The van der Waals surface area contributed by atoms with Crippen LogP contribution in [-0.2, 0) is 19.0 Å². The zero-order valence-corrected chi connectivity index (χ0v) is 31.1. The Morgan fingerprint density at radius 1 is 1.20 bits per heavy atom. The molecule has 4 N–H and O–H groups in total. The van der Waals surface area contributed by atoms with Gasteiger partial charge in [0.25, 0.3) is 0 Å². The van der Waals surface area contributed by atoms with E-state index in [-0.39, 0.29) is 43.3 Å². The summed E-state index contributed by atoms with van der Waals surface area (Å²) in [5.41, 5.74) is -1.94. The second-order valence-corrected chi connectivity index (χ2v) is 15.6. The molecule has 1 amide bonds. The lowest BCUT2D eigenvalue weighted by Crippen LogP contribution is -2.46. The Labute approximate surface area is 294 Å². The van der Waals surface area contributed by atoms with Crippen molar-refractivity contribution in [2.75, 3.05) is 32.7 Å². The highest BCUT2D eigenvalue weighted by atomic mass is 16.6. The van der Waals surface area contributed by atoms with E-state index in [1.165, 1.54) is 0 Å². The lowest BCUT2D eigenvalue weighted by Gasteiger charge is -2.34. The summed E-state index contributed by atoms with van der Waals surface area (Å²) in [5, 5.41) is 43.3. The summed E-state index contributed by atoms with van der Waals surface area (Å²) < 4.78 is 17.6. The van der Waals surface area contributed by atoms with Crippen LogP contribution in [-0.4, -0.2) is 123 Å².